The number of thiophene rings is 1. The molecular formula is C13H13NO3S. The van der Waals surface area contributed by atoms with Crippen LogP contribution in [0.1, 0.15) is 23.7 Å². The Morgan fingerprint density at radius 3 is 2.72 bits per heavy atom. The van der Waals surface area contributed by atoms with E-state index in [0.29, 0.717) is 6.54 Å². The standard InChI is InChI=1S/C13H13NO3S/c1-2-7-14-10(11-4-3-8-18-11)6-5-9(12(14)15)13(16)17/h3-6,8H,2,7H2,1H3,(H,16,17). The monoisotopic (exact) mass is 263 g/mol. The molecule has 2 aromatic heterocycles. The summed E-state index contributed by atoms with van der Waals surface area (Å²) in [4.78, 5) is 24.0. The molecule has 2 rings (SSSR count). The summed E-state index contributed by atoms with van der Waals surface area (Å²) >= 11 is 1.53. The van der Waals surface area contributed by atoms with E-state index in [1.165, 1.54) is 22.0 Å². The molecule has 2 heterocycles. The van der Waals surface area contributed by atoms with Crippen molar-refractivity contribution < 1.29 is 9.90 Å². The maximum absolute atomic E-state index is 12.1. The summed E-state index contributed by atoms with van der Waals surface area (Å²) in [6.45, 7) is 2.48. The van der Waals surface area contributed by atoms with Gasteiger partial charge in [-0.15, -0.1) is 11.3 Å². The van der Waals surface area contributed by atoms with Gasteiger partial charge in [-0.2, -0.15) is 0 Å². The second kappa shape index (κ2) is 5.18. The number of rotatable bonds is 4. The molecule has 5 heteroatoms. The number of aromatic carboxylic acids is 1. The van der Waals surface area contributed by atoms with Gasteiger partial charge in [0.25, 0.3) is 5.56 Å². The van der Waals surface area contributed by atoms with Gasteiger partial charge in [-0.05, 0) is 30.0 Å². The molecule has 0 spiro atoms. The molecule has 0 aliphatic rings. The molecule has 0 radical (unpaired) electrons. The maximum atomic E-state index is 12.1. The van der Waals surface area contributed by atoms with Gasteiger partial charge in [0.2, 0.25) is 0 Å². The van der Waals surface area contributed by atoms with Crippen molar-refractivity contribution in [3.63, 3.8) is 0 Å². The molecule has 0 bridgehead atoms. The molecule has 94 valence electrons. The van der Waals surface area contributed by atoms with Crippen LogP contribution in [0.3, 0.4) is 0 Å². The number of carboxylic acids is 1. The van der Waals surface area contributed by atoms with Crippen LogP contribution in [0, 0.1) is 0 Å². The van der Waals surface area contributed by atoms with E-state index in [4.69, 9.17) is 5.11 Å². The smallest absolute Gasteiger partial charge is 0.341 e. The minimum absolute atomic E-state index is 0.177. The first-order valence-electron chi connectivity index (χ1n) is 5.66. The van der Waals surface area contributed by atoms with Crippen molar-refractivity contribution in [1.29, 1.82) is 0 Å². The van der Waals surface area contributed by atoms with Crippen LogP contribution in [0.4, 0.5) is 0 Å². The Kier molecular flexibility index (Phi) is 3.62. The first-order chi connectivity index (χ1) is 8.65. The third kappa shape index (κ3) is 2.22. The van der Waals surface area contributed by atoms with Crippen LogP contribution in [0.15, 0.2) is 34.4 Å². The highest BCUT2D eigenvalue weighted by Gasteiger charge is 2.14. The van der Waals surface area contributed by atoms with Crippen molar-refractivity contribution in [2.24, 2.45) is 0 Å². The third-order valence-electron chi connectivity index (χ3n) is 2.63. The predicted octanol–water partition coefficient (Wildman–Crippen LogP) is 2.69. The van der Waals surface area contributed by atoms with Crippen LogP contribution >= 0.6 is 11.3 Å². The van der Waals surface area contributed by atoms with Crippen molar-refractivity contribution >= 4 is 17.3 Å². The van der Waals surface area contributed by atoms with Crippen LogP contribution in [-0.2, 0) is 6.54 Å². The van der Waals surface area contributed by atoms with Gasteiger partial charge in [-0.1, -0.05) is 13.0 Å². The van der Waals surface area contributed by atoms with Crippen LogP contribution < -0.4 is 5.56 Å². The van der Waals surface area contributed by atoms with E-state index < -0.39 is 11.5 Å². The molecule has 0 aliphatic heterocycles. The average molecular weight is 263 g/mol. The van der Waals surface area contributed by atoms with Crippen LogP contribution in [-0.4, -0.2) is 15.6 Å². The van der Waals surface area contributed by atoms with Crippen LogP contribution in [0.2, 0.25) is 0 Å². The number of nitrogens with zero attached hydrogens (tertiary/aromatic N) is 1. The lowest BCUT2D eigenvalue weighted by Crippen LogP contribution is -2.27. The second-order valence-electron chi connectivity index (χ2n) is 3.87. The Hall–Kier alpha value is -1.88. The fourth-order valence-electron chi connectivity index (χ4n) is 1.83. The zero-order chi connectivity index (χ0) is 13.1. The number of pyridine rings is 1. The quantitative estimate of drug-likeness (QED) is 0.922. The van der Waals surface area contributed by atoms with Crippen molar-refractivity contribution in [2.75, 3.05) is 0 Å². The SMILES string of the molecule is CCCn1c(-c2cccs2)ccc(C(=O)O)c1=O. The number of carbonyl (C=O) groups is 1. The molecule has 0 aromatic carbocycles. The fraction of sp³-hybridized carbons (Fsp3) is 0.231. The molecule has 0 unspecified atom stereocenters. The largest absolute Gasteiger partial charge is 0.477 e. The van der Waals surface area contributed by atoms with E-state index in [1.807, 2.05) is 24.4 Å². The second-order valence-corrected chi connectivity index (χ2v) is 4.82. The molecule has 0 saturated carbocycles. The van der Waals surface area contributed by atoms with Gasteiger partial charge >= 0.3 is 5.97 Å². The van der Waals surface area contributed by atoms with Crippen molar-refractivity contribution in [1.82, 2.24) is 4.57 Å². The summed E-state index contributed by atoms with van der Waals surface area (Å²) in [5.41, 5.74) is 0.167. The molecular weight excluding hydrogens is 250 g/mol. The lowest BCUT2D eigenvalue weighted by Gasteiger charge is -2.11. The maximum Gasteiger partial charge on any atom is 0.341 e. The number of aromatic nitrogens is 1. The average Bonchev–Trinajstić information content (AvgIpc) is 2.84. The van der Waals surface area contributed by atoms with E-state index in [2.05, 4.69) is 0 Å². The summed E-state index contributed by atoms with van der Waals surface area (Å²) in [5.74, 6) is -1.18. The molecule has 0 saturated heterocycles. The topological polar surface area (TPSA) is 59.3 Å². The molecule has 0 aliphatic carbocycles. The zero-order valence-electron chi connectivity index (χ0n) is 9.92. The van der Waals surface area contributed by atoms with E-state index in [9.17, 15) is 9.59 Å². The Morgan fingerprint density at radius 1 is 1.39 bits per heavy atom. The summed E-state index contributed by atoms with van der Waals surface area (Å²) in [7, 11) is 0. The number of hydrogen-bond donors (Lipinski definition) is 1. The molecule has 2 aromatic rings. The highest BCUT2D eigenvalue weighted by molar-refractivity contribution is 7.13. The number of carboxylic acid groups (broad SMARTS) is 1. The van der Waals surface area contributed by atoms with E-state index >= 15 is 0 Å². The van der Waals surface area contributed by atoms with Crippen LogP contribution in [0.25, 0.3) is 10.6 Å². The van der Waals surface area contributed by atoms with E-state index in [0.717, 1.165) is 17.0 Å². The first-order valence-corrected chi connectivity index (χ1v) is 6.54. The zero-order valence-corrected chi connectivity index (χ0v) is 10.7. The van der Waals surface area contributed by atoms with E-state index in [-0.39, 0.29) is 5.56 Å². The molecule has 18 heavy (non-hydrogen) atoms. The first kappa shape index (κ1) is 12.6. The molecule has 1 N–H and O–H groups in total. The Balaban J connectivity index is 2.65. The van der Waals surface area contributed by atoms with Crippen molar-refractivity contribution in [3.05, 3.63) is 45.6 Å². The molecule has 4 nitrogen and oxygen atoms in total. The predicted molar refractivity (Wildman–Crippen MR) is 71.3 cm³/mol. The minimum atomic E-state index is -1.18. The minimum Gasteiger partial charge on any atom is -0.477 e. The highest BCUT2D eigenvalue weighted by atomic mass is 32.1. The molecule has 0 atom stereocenters. The van der Waals surface area contributed by atoms with Gasteiger partial charge in [0.05, 0.1) is 10.6 Å². The Labute approximate surface area is 108 Å². The van der Waals surface area contributed by atoms with E-state index in [1.54, 1.807) is 6.07 Å². The van der Waals surface area contributed by atoms with Crippen molar-refractivity contribution in [2.45, 2.75) is 19.9 Å². The lowest BCUT2D eigenvalue weighted by atomic mass is 10.2. The van der Waals surface area contributed by atoms with Gasteiger partial charge in [0, 0.05) is 6.54 Å². The van der Waals surface area contributed by atoms with Gasteiger partial charge in [-0.25, -0.2) is 4.79 Å². The Bertz CT molecular complexity index is 614. The Morgan fingerprint density at radius 2 is 2.17 bits per heavy atom. The highest BCUT2D eigenvalue weighted by Crippen LogP contribution is 2.23. The summed E-state index contributed by atoms with van der Waals surface area (Å²) < 4.78 is 1.54. The van der Waals surface area contributed by atoms with Crippen molar-refractivity contribution in [3.8, 4) is 10.6 Å². The lowest BCUT2D eigenvalue weighted by molar-refractivity contribution is 0.0694. The number of hydrogen-bond acceptors (Lipinski definition) is 3. The van der Waals surface area contributed by atoms with Gasteiger partial charge < -0.3 is 9.67 Å². The fourth-order valence-corrected chi connectivity index (χ4v) is 2.59. The van der Waals surface area contributed by atoms with Gasteiger partial charge in [-0.3, -0.25) is 4.79 Å². The molecule has 0 amide bonds. The normalized spacial score (nSPS) is 10.5. The summed E-state index contributed by atoms with van der Waals surface area (Å²) in [5, 5.41) is 10.9. The van der Waals surface area contributed by atoms with Gasteiger partial charge in [0.1, 0.15) is 5.56 Å². The van der Waals surface area contributed by atoms with Gasteiger partial charge in [0.15, 0.2) is 0 Å². The summed E-state index contributed by atoms with van der Waals surface area (Å²) in [6, 6.07) is 6.91. The van der Waals surface area contributed by atoms with Crippen LogP contribution in [0.5, 0.6) is 0 Å². The molecule has 0 fully saturated rings. The third-order valence-corrected chi connectivity index (χ3v) is 3.52. The summed E-state index contributed by atoms with van der Waals surface area (Å²) in [6.07, 6.45) is 0.779.